The highest BCUT2D eigenvalue weighted by Gasteiger charge is 2.25. The molecule has 0 radical (unpaired) electrons. The van der Waals surface area contributed by atoms with Crippen molar-refractivity contribution in [2.24, 2.45) is 0 Å². The van der Waals surface area contributed by atoms with Crippen LogP contribution in [0.15, 0.2) is 0 Å². The van der Waals surface area contributed by atoms with Crippen LogP contribution in [0.4, 0.5) is 0 Å². The van der Waals surface area contributed by atoms with Crippen LogP contribution in [0.25, 0.3) is 0 Å². The fourth-order valence-corrected chi connectivity index (χ4v) is 2.35. The van der Waals surface area contributed by atoms with Gasteiger partial charge in [0.05, 0.1) is 6.04 Å². The SMILES string of the molecule is O=C([C@H]1CCCCN1)N1CCCNCC1. The van der Waals surface area contributed by atoms with Gasteiger partial charge in [0.25, 0.3) is 0 Å². The van der Waals surface area contributed by atoms with Gasteiger partial charge in [0.15, 0.2) is 0 Å². The summed E-state index contributed by atoms with van der Waals surface area (Å²) in [6.45, 7) is 4.78. The van der Waals surface area contributed by atoms with E-state index in [1.807, 2.05) is 4.90 Å². The van der Waals surface area contributed by atoms with E-state index in [-0.39, 0.29) is 6.04 Å². The van der Waals surface area contributed by atoms with Gasteiger partial charge >= 0.3 is 0 Å². The number of hydrogen-bond donors (Lipinski definition) is 2. The predicted octanol–water partition coefficient (Wildman–Crippen LogP) is -0.0496. The first kappa shape index (κ1) is 10.9. The summed E-state index contributed by atoms with van der Waals surface area (Å²) in [5, 5.41) is 6.65. The van der Waals surface area contributed by atoms with Crippen molar-refractivity contribution >= 4 is 5.91 Å². The zero-order valence-electron chi connectivity index (χ0n) is 9.30. The van der Waals surface area contributed by atoms with Crippen molar-refractivity contribution in [2.45, 2.75) is 31.7 Å². The second kappa shape index (κ2) is 5.47. The lowest BCUT2D eigenvalue weighted by molar-refractivity contribution is -0.133. The van der Waals surface area contributed by atoms with Gasteiger partial charge in [-0.05, 0) is 32.4 Å². The van der Waals surface area contributed by atoms with E-state index in [0.29, 0.717) is 5.91 Å². The minimum atomic E-state index is 0.0943. The first-order valence-corrected chi connectivity index (χ1v) is 6.11. The van der Waals surface area contributed by atoms with Crippen LogP contribution in [0.1, 0.15) is 25.7 Å². The zero-order valence-corrected chi connectivity index (χ0v) is 9.30. The summed E-state index contributed by atoms with van der Waals surface area (Å²) in [5.74, 6) is 0.318. The van der Waals surface area contributed by atoms with E-state index < -0.39 is 0 Å². The molecule has 1 atom stereocenters. The van der Waals surface area contributed by atoms with Gasteiger partial charge in [0.1, 0.15) is 0 Å². The van der Waals surface area contributed by atoms with Crippen molar-refractivity contribution in [3.05, 3.63) is 0 Å². The average Bonchev–Trinajstić information content (AvgIpc) is 2.58. The van der Waals surface area contributed by atoms with Crippen molar-refractivity contribution in [1.82, 2.24) is 15.5 Å². The van der Waals surface area contributed by atoms with Crippen LogP contribution in [0, 0.1) is 0 Å². The van der Waals surface area contributed by atoms with Crippen LogP contribution in [-0.4, -0.2) is 49.6 Å². The number of amides is 1. The monoisotopic (exact) mass is 211 g/mol. The summed E-state index contributed by atoms with van der Waals surface area (Å²) in [5.41, 5.74) is 0. The Balaban J connectivity index is 1.87. The maximum Gasteiger partial charge on any atom is 0.239 e. The molecular weight excluding hydrogens is 190 g/mol. The van der Waals surface area contributed by atoms with Crippen molar-refractivity contribution in [1.29, 1.82) is 0 Å². The number of carbonyl (C=O) groups excluding carboxylic acids is 1. The van der Waals surface area contributed by atoms with E-state index in [2.05, 4.69) is 10.6 Å². The summed E-state index contributed by atoms with van der Waals surface area (Å²) in [6, 6.07) is 0.0943. The third kappa shape index (κ3) is 2.92. The van der Waals surface area contributed by atoms with Gasteiger partial charge in [0.2, 0.25) is 5.91 Å². The molecule has 86 valence electrons. The van der Waals surface area contributed by atoms with Crippen LogP contribution < -0.4 is 10.6 Å². The van der Waals surface area contributed by atoms with E-state index in [1.165, 1.54) is 12.8 Å². The highest BCUT2D eigenvalue weighted by atomic mass is 16.2. The fourth-order valence-electron chi connectivity index (χ4n) is 2.35. The molecule has 4 heteroatoms. The first-order chi connectivity index (χ1) is 7.38. The standard InChI is InChI=1S/C11H21N3O/c15-11(10-4-1-2-6-13-10)14-8-3-5-12-7-9-14/h10,12-13H,1-9H2/t10-/m1/s1. The molecular formula is C11H21N3O. The minimum Gasteiger partial charge on any atom is -0.340 e. The molecule has 2 N–H and O–H groups in total. The Bertz CT molecular complexity index is 206. The third-order valence-corrected chi connectivity index (χ3v) is 3.26. The van der Waals surface area contributed by atoms with Gasteiger partial charge in [-0.1, -0.05) is 6.42 Å². The summed E-state index contributed by atoms with van der Waals surface area (Å²) in [7, 11) is 0. The highest BCUT2D eigenvalue weighted by Crippen LogP contribution is 2.10. The van der Waals surface area contributed by atoms with Crippen molar-refractivity contribution in [3.63, 3.8) is 0 Å². The largest absolute Gasteiger partial charge is 0.340 e. The third-order valence-electron chi connectivity index (χ3n) is 3.26. The molecule has 2 heterocycles. The van der Waals surface area contributed by atoms with Crippen LogP contribution in [-0.2, 0) is 4.79 Å². The van der Waals surface area contributed by atoms with Crippen LogP contribution in [0.2, 0.25) is 0 Å². The van der Waals surface area contributed by atoms with Gasteiger partial charge in [0, 0.05) is 19.6 Å². The Morgan fingerprint density at radius 3 is 2.80 bits per heavy atom. The second-order valence-electron chi connectivity index (χ2n) is 4.43. The fraction of sp³-hybridized carbons (Fsp3) is 0.909. The molecule has 2 fully saturated rings. The molecule has 0 aromatic carbocycles. The molecule has 0 unspecified atom stereocenters. The quantitative estimate of drug-likeness (QED) is 0.639. The maximum atomic E-state index is 12.1. The Morgan fingerprint density at radius 1 is 1.07 bits per heavy atom. The van der Waals surface area contributed by atoms with Gasteiger partial charge in [-0.15, -0.1) is 0 Å². The molecule has 2 aliphatic rings. The zero-order chi connectivity index (χ0) is 10.5. The van der Waals surface area contributed by atoms with E-state index in [9.17, 15) is 4.79 Å². The Kier molecular flexibility index (Phi) is 3.97. The Morgan fingerprint density at radius 2 is 2.00 bits per heavy atom. The molecule has 0 saturated carbocycles. The summed E-state index contributed by atoms with van der Waals surface area (Å²) < 4.78 is 0. The van der Waals surface area contributed by atoms with Gasteiger partial charge in [-0.3, -0.25) is 4.79 Å². The van der Waals surface area contributed by atoms with Crippen molar-refractivity contribution in [3.8, 4) is 0 Å². The molecule has 1 amide bonds. The summed E-state index contributed by atoms with van der Waals surface area (Å²) in [6.07, 6.45) is 4.50. The highest BCUT2D eigenvalue weighted by molar-refractivity contribution is 5.82. The van der Waals surface area contributed by atoms with E-state index in [4.69, 9.17) is 0 Å². The molecule has 2 rings (SSSR count). The smallest absolute Gasteiger partial charge is 0.239 e. The molecule has 4 nitrogen and oxygen atoms in total. The topological polar surface area (TPSA) is 44.4 Å². The maximum absolute atomic E-state index is 12.1. The normalized spacial score (nSPS) is 28.5. The second-order valence-corrected chi connectivity index (χ2v) is 4.43. The van der Waals surface area contributed by atoms with E-state index in [1.54, 1.807) is 0 Å². The number of hydrogen-bond acceptors (Lipinski definition) is 3. The van der Waals surface area contributed by atoms with Gasteiger partial charge in [-0.25, -0.2) is 0 Å². The van der Waals surface area contributed by atoms with Crippen LogP contribution >= 0.6 is 0 Å². The number of rotatable bonds is 1. The van der Waals surface area contributed by atoms with E-state index in [0.717, 1.165) is 45.6 Å². The van der Waals surface area contributed by atoms with Crippen LogP contribution in [0.5, 0.6) is 0 Å². The van der Waals surface area contributed by atoms with Gasteiger partial charge in [-0.2, -0.15) is 0 Å². The van der Waals surface area contributed by atoms with E-state index >= 15 is 0 Å². The summed E-state index contributed by atoms with van der Waals surface area (Å²) in [4.78, 5) is 14.2. The minimum absolute atomic E-state index is 0.0943. The van der Waals surface area contributed by atoms with Crippen LogP contribution in [0.3, 0.4) is 0 Å². The number of nitrogens with zero attached hydrogens (tertiary/aromatic N) is 1. The molecule has 0 bridgehead atoms. The molecule has 2 saturated heterocycles. The lowest BCUT2D eigenvalue weighted by Crippen LogP contribution is -2.49. The Labute approximate surface area is 91.4 Å². The lowest BCUT2D eigenvalue weighted by atomic mass is 10.0. The van der Waals surface area contributed by atoms with Crippen molar-refractivity contribution < 1.29 is 4.79 Å². The van der Waals surface area contributed by atoms with Crippen molar-refractivity contribution in [2.75, 3.05) is 32.7 Å². The average molecular weight is 211 g/mol. The lowest BCUT2D eigenvalue weighted by Gasteiger charge is -2.29. The molecule has 0 aromatic rings. The molecule has 0 aromatic heterocycles. The molecule has 15 heavy (non-hydrogen) atoms. The Hall–Kier alpha value is -0.610. The predicted molar refractivity (Wildman–Crippen MR) is 59.7 cm³/mol. The van der Waals surface area contributed by atoms with Gasteiger partial charge < -0.3 is 15.5 Å². The number of nitrogens with one attached hydrogen (secondary N) is 2. The molecule has 2 aliphatic heterocycles. The first-order valence-electron chi connectivity index (χ1n) is 6.11. The summed E-state index contributed by atoms with van der Waals surface area (Å²) >= 11 is 0. The number of carbonyl (C=O) groups is 1. The number of piperidine rings is 1. The molecule has 0 spiro atoms. The molecule has 0 aliphatic carbocycles.